The van der Waals surface area contributed by atoms with Crippen LogP contribution in [0, 0.1) is 13.8 Å². The van der Waals surface area contributed by atoms with Crippen molar-refractivity contribution in [2.45, 2.75) is 43.9 Å². The Morgan fingerprint density at radius 1 is 1.23 bits per heavy atom. The predicted molar refractivity (Wildman–Crippen MR) is 134 cm³/mol. The number of hydrogen-bond donors (Lipinski definition) is 2. The minimum absolute atomic E-state index is 0.0987. The van der Waals surface area contributed by atoms with E-state index in [2.05, 4.69) is 15.6 Å². The fraction of sp³-hybridized carbons (Fsp3) is 0.318. The van der Waals surface area contributed by atoms with Crippen molar-refractivity contribution < 1.29 is 17.6 Å². The number of nitrogens with zero attached hydrogens (tertiary/aromatic N) is 3. The number of sulfonamides is 1. The number of carbonyl (C=O) groups excluding carboxylic acids is 1. The van der Waals surface area contributed by atoms with Crippen molar-refractivity contribution in [3.05, 3.63) is 67.5 Å². The second-order valence-corrected chi connectivity index (χ2v) is 12.2. The van der Waals surface area contributed by atoms with Gasteiger partial charge in [-0.05, 0) is 61.6 Å². The number of hydrogen-bond acceptors (Lipinski definition) is 6. The highest BCUT2D eigenvalue weighted by Gasteiger charge is 2.26. The van der Waals surface area contributed by atoms with Crippen LogP contribution in [0.1, 0.15) is 40.9 Å². The van der Waals surface area contributed by atoms with E-state index < -0.39 is 28.4 Å². The van der Waals surface area contributed by atoms with Crippen LogP contribution in [0.15, 0.2) is 34.3 Å². The largest absolute Gasteiger partial charge is 0.331 e. The van der Waals surface area contributed by atoms with E-state index in [1.807, 2.05) is 23.8 Å². The van der Waals surface area contributed by atoms with Gasteiger partial charge < -0.3 is 5.32 Å². The lowest BCUT2D eigenvalue weighted by Crippen LogP contribution is -2.39. The number of nitrogens with one attached hydrogen (secondary N) is 2. The van der Waals surface area contributed by atoms with E-state index in [9.17, 15) is 13.2 Å². The molecule has 2 N–H and O–H groups in total. The minimum atomic E-state index is -4.12. The monoisotopic (exact) mass is 557 g/mol. The molecule has 0 unspecified atom stereocenters. The fourth-order valence-electron chi connectivity index (χ4n) is 3.82. The zero-order chi connectivity index (χ0) is 25.3. The van der Waals surface area contributed by atoms with Gasteiger partial charge in [0.05, 0.1) is 22.3 Å². The third-order valence-corrected chi connectivity index (χ3v) is 9.20. The molecule has 0 spiro atoms. The molecule has 0 saturated heterocycles. The standard InChI is InChI=1S/C22H22Cl2FN5O3S2/c1-12-8-15(23)6-5-14(12)10-18-20-16(4-3-7-30(20)29-27-18)17(25)11-26-22(31)28-35(32,33)19-9-13(2)21(24)34-19/h5-6,8-9H,3-4,7,10-11H2,1-2H3,(H2,26,28,31)/b17-16-. The summed E-state index contributed by atoms with van der Waals surface area (Å²) in [6, 6.07) is 5.87. The van der Waals surface area contributed by atoms with Gasteiger partial charge in [0.15, 0.2) is 0 Å². The summed E-state index contributed by atoms with van der Waals surface area (Å²) in [6.07, 6.45) is 1.56. The van der Waals surface area contributed by atoms with E-state index in [-0.39, 0.29) is 4.21 Å². The first-order valence-electron chi connectivity index (χ1n) is 10.7. The summed E-state index contributed by atoms with van der Waals surface area (Å²) in [6.45, 7) is 3.72. The molecule has 1 aromatic carbocycles. The highest BCUT2D eigenvalue weighted by Crippen LogP contribution is 2.33. The van der Waals surface area contributed by atoms with Crippen LogP contribution in [-0.2, 0) is 23.0 Å². The molecule has 0 fully saturated rings. The highest BCUT2D eigenvalue weighted by atomic mass is 35.5. The maximum absolute atomic E-state index is 15.3. The molecule has 3 aromatic rings. The SMILES string of the molecule is Cc1cc(Cl)ccc1Cc1nnn2c1/C(=C(\F)CNC(=O)NS(=O)(=O)c1cc(C)c(Cl)s1)CCC2. The number of aryl methyl sites for hydroxylation is 3. The van der Waals surface area contributed by atoms with Crippen molar-refractivity contribution in [3.63, 3.8) is 0 Å². The van der Waals surface area contributed by atoms with Crippen molar-refractivity contribution in [2.24, 2.45) is 0 Å². The Kier molecular flexibility index (Phi) is 7.51. The molecule has 186 valence electrons. The quantitative estimate of drug-likeness (QED) is 0.442. The number of aromatic nitrogens is 3. The lowest BCUT2D eigenvalue weighted by molar-refractivity contribution is 0.246. The first-order chi connectivity index (χ1) is 16.5. The number of amides is 2. The van der Waals surface area contributed by atoms with Crippen molar-refractivity contribution in [3.8, 4) is 0 Å². The number of allylic oxidation sites excluding steroid dienone is 1. The molecule has 1 aliphatic heterocycles. The van der Waals surface area contributed by atoms with Crippen LogP contribution >= 0.6 is 34.5 Å². The lowest BCUT2D eigenvalue weighted by Gasteiger charge is -2.19. The normalized spacial score (nSPS) is 15.0. The van der Waals surface area contributed by atoms with E-state index in [1.165, 1.54) is 6.07 Å². The first kappa shape index (κ1) is 25.6. The molecular weight excluding hydrogens is 536 g/mol. The molecule has 2 aromatic heterocycles. The Morgan fingerprint density at radius 2 is 2.00 bits per heavy atom. The maximum atomic E-state index is 15.3. The van der Waals surface area contributed by atoms with Crippen molar-refractivity contribution in [2.75, 3.05) is 6.54 Å². The van der Waals surface area contributed by atoms with Gasteiger partial charge in [-0.3, -0.25) is 0 Å². The highest BCUT2D eigenvalue weighted by molar-refractivity contribution is 7.92. The average Bonchev–Trinajstić information content (AvgIpc) is 3.37. The van der Waals surface area contributed by atoms with E-state index >= 15 is 4.39 Å². The second kappa shape index (κ2) is 10.3. The molecule has 13 heteroatoms. The van der Waals surface area contributed by atoms with Gasteiger partial charge >= 0.3 is 6.03 Å². The van der Waals surface area contributed by atoms with Crippen LogP contribution in [-0.4, -0.2) is 36.0 Å². The number of fused-ring (bicyclic) bond motifs is 1. The average molecular weight is 558 g/mol. The Balaban J connectivity index is 1.50. The van der Waals surface area contributed by atoms with Gasteiger partial charge in [-0.15, -0.1) is 16.4 Å². The molecule has 8 nitrogen and oxygen atoms in total. The molecule has 0 bridgehead atoms. The van der Waals surface area contributed by atoms with Gasteiger partial charge in [-0.1, -0.05) is 34.5 Å². The van der Waals surface area contributed by atoms with E-state index in [0.717, 1.165) is 22.5 Å². The summed E-state index contributed by atoms with van der Waals surface area (Å²) in [5.41, 5.74) is 4.17. The smallest absolute Gasteiger partial charge is 0.329 e. The summed E-state index contributed by atoms with van der Waals surface area (Å²) in [5, 5.41) is 11.3. The van der Waals surface area contributed by atoms with Crippen LogP contribution in [0.3, 0.4) is 0 Å². The third kappa shape index (κ3) is 5.69. The predicted octanol–water partition coefficient (Wildman–Crippen LogP) is 5.02. The maximum Gasteiger partial charge on any atom is 0.329 e. The van der Waals surface area contributed by atoms with Crippen LogP contribution in [0.4, 0.5) is 9.18 Å². The third-order valence-electron chi connectivity index (χ3n) is 5.61. The number of thiophene rings is 1. The fourth-order valence-corrected chi connectivity index (χ4v) is 6.68. The van der Waals surface area contributed by atoms with Gasteiger partial charge in [-0.25, -0.2) is 27.0 Å². The molecular formula is C22H22Cl2FN5O3S2. The number of carbonyl (C=O) groups is 1. The molecule has 2 amide bonds. The van der Waals surface area contributed by atoms with Crippen LogP contribution in [0.2, 0.25) is 9.36 Å². The minimum Gasteiger partial charge on any atom is -0.331 e. The van der Waals surface area contributed by atoms with E-state index in [4.69, 9.17) is 23.2 Å². The molecule has 4 rings (SSSR count). The Bertz CT molecular complexity index is 1410. The Morgan fingerprint density at radius 3 is 2.69 bits per heavy atom. The summed E-state index contributed by atoms with van der Waals surface area (Å²) in [7, 11) is -4.12. The van der Waals surface area contributed by atoms with Crippen molar-refractivity contribution >= 4 is 56.2 Å². The number of benzene rings is 1. The van der Waals surface area contributed by atoms with Crippen LogP contribution in [0.5, 0.6) is 0 Å². The number of urea groups is 1. The Hall–Kier alpha value is -2.47. The van der Waals surface area contributed by atoms with Crippen molar-refractivity contribution in [1.29, 1.82) is 0 Å². The zero-order valence-electron chi connectivity index (χ0n) is 18.9. The molecule has 0 atom stereocenters. The van der Waals surface area contributed by atoms with Gasteiger partial charge in [0.1, 0.15) is 10.0 Å². The molecule has 0 aliphatic carbocycles. The first-order valence-corrected chi connectivity index (χ1v) is 13.7. The van der Waals surface area contributed by atoms with E-state index in [0.29, 0.717) is 57.7 Å². The van der Waals surface area contributed by atoms with Crippen molar-refractivity contribution in [1.82, 2.24) is 25.0 Å². The summed E-state index contributed by atoms with van der Waals surface area (Å²) in [4.78, 5) is 12.2. The zero-order valence-corrected chi connectivity index (χ0v) is 22.0. The van der Waals surface area contributed by atoms with Crippen LogP contribution < -0.4 is 10.0 Å². The summed E-state index contributed by atoms with van der Waals surface area (Å²) < 4.78 is 43.8. The summed E-state index contributed by atoms with van der Waals surface area (Å²) >= 11 is 12.8. The van der Waals surface area contributed by atoms with Gasteiger partial charge in [-0.2, -0.15) is 0 Å². The van der Waals surface area contributed by atoms with Gasteiger partial charge in [0, 0.05) is 23.6 Å². The second-order valence-electron chi connectivity index (χ2n) is 8.15. The molecule has 0 saturated carbocycles. The van der Waals surface area contributed by atoms with Gasteiger partial charge in [0.2, 0.25) is 0 Å². The Labute approximate surface area is 216 Å². The summed E-state index contributed by atoms with van der Waals surface area (Å²) in [5.74, 6) is -0.579. The topological polar surface area (TPSA) is 106 Å². The lowest BCUT2D eigenvalue weighted by atomic mass is 9.96. The van der Waals surface area contributed by atoms with Crippen LogP contribution in [0.25, 0.3) is 5.57 Å². The molecule has 3 heterocycles. The number of rotatable bonds is 6. The van der Waals surface area contributed by atoms with E-state index in [1.54, 1.807) is 17.7 Å². The molecule has 0 radical (unpaired) electrons. The van der Waals surface area contributed by atoms with Gasteiger partial charge in [0.25, 0.3) is 10.0 Å². The number of halogens is 3. The molecule has 35 heavy (non-hydrogen) atoms. The molecule has 1 aliphatic rings.